The van der Waals surface area contributed by atoms with E-state index < -0.39 is 10.0 Å². The van der Waals surface area contributed by atoms with Gasteiger partial charge in [-0.15, -0.1) is 0 Å². The molecule has 29 heavy (non-hydrogen) atoms. The lowest BCUT2D eigenvalue weighted by Crippen LogP contribution is -3.15. The number of anilines is 1. The predicted octanol–water partition coefficient (Wildman–Crippen LogP) is 1.39. The first-order valence-corrected chi connectivity index (χ1v) is 11.4. The molecule has 0 aromatic heterocycles. The third-order valence-corrected chi connectivity index (χ3v) is 6.64. The van der Waals surface area contributed by atoms with Gasteiger partial charge in [-0.1, -0.05) is 49.4 Å². The van der Waals surface area contributed by atoms with Gasteiger partial charge in [0.15, 0.2) is 6.54 Å². The Hall–Kier alpha value is -2.48. The van der Waals surface area contributed by atoms with Crippen LogP contribution >= 0.6 is 0 Å². The molecule has 1 heterocycles. The molecule has 1 fully saturated rings. The van der Waals surface area contributed by atoms with Gasteiger partial charge in [0.2, 0.25) is 10.0 Å². The fourth-order valence-electron chi connectivity index (χ4n) is 3.30. The minimum absolute atomic E-state index is 0.0514. The highest BCUT2D eigenvalue weighted by Gasteiger charge is 2.28. The van der Waals surface area contributed by atoms with Crippen molar-refractivity contribution in [2.24, 2.45) is 0 Å². The van der Waals surface area contributed by atoms with E-state index in [2.05, 4.69) is 12.2 Å². The molecule has 0 aliphatic carbocycles. The Kier molecular flexibility index (Phi) is 7.19. The van der Waals surface area contributed by atoms with E-state index in [0.717, 1.165) is 22.6 Å². The van der Waals surface area contributed by atoms with Crippen LogP contribution in [0.3, 0.4) is 0 Å². The van der Waals surface area contributed by atoms with Crippen molar-refractivity contribution in [1.29, 1.82) is 0 Å². The van der Waals surface area contributed by atoms with Gasteiger partial charge in [0.1, 0.15) is 0 Å². The van der Waals surface area contributed by atoms with Gasteiger partial charge in [0.05, 0.1) is 26.2 Å². The van der Waals surface area contributed by atoms with Crippen LogP contribution in [-0.4, -0.2) is 51.4 Å². The molecule has 2 aromatic carbocycles. The molecule has 1 aliphatic rings. The Morgan fingerprint density at radius 3 is 2.34 bits per heavy atom. The summed E-state index contributed by atoms with van der Waals surface area (Å²) >= 11 is 0. The molecule has 7 heteroatoms. The van der Waals surface area contributed by atoms with Crippen molar-refractivity contribution in [3.05, 3.63) is 71.1 Å². The molecular weight excluding hydrogens is 386 g/mol. The van der Waals surface area contributed by atoms with E-state index in [0.29, 0.717) is 32.7 Å². The third kappa shape index (κ3) is 6.25. The van der Waals surface area contributed by atoms with Crippen LogP contribution in [0, 0.1) is 0 Å². The SMILES string of the molecule is CCc1ccc(NC(=O)C[NH+]2CCN(S(=O)(=O)/C=C/c3ccccc3)CC2)cc1. The van der Waals surface area contributed by atoms with Crippen molar-refractivity contribution < 1.29 is 18.1 Å². The smallest absolute Gasteiger partial charge is 0.279 e. The first-order chi connectivity index (χ1) is 14.0. The van der Waals surface area contributed by atoms with Crippen molar-refractivity contribution in [2.45, 2.75) is 13.3 Å². The molecule has 0 radical (unpaired) electrons. The van der Waals surface area contributed by atoms with Crippen molar-refractivity contribution >= 4 is 27.7 Å². The van der Waals surface area contributed by atoms with Crippen LogP contribution < -0.4 is 10.2 Å². The highest BCUT2D eigenvalue weighted by molar-refractivity contribution is 7.92. The zero-order chi connectivity index (χ0) is 20.7. The van der Waals surface area contributed by atoms with E-state index in [4.69, 9.17) is 0 Å². The van der Waals surface area contributed by atoms with Gasteiger partial charge in [-0.3, -0.25) is 4.79 Å². The van der Waals surface area contributed by atoms with Crippen LogP contribution in [0.4, 0.5) is 5.69 Å². The minimum atomic E-state index is -3.45. The molecular formula is C22H28N3O3S+. The average molecular weight is 415 g/mol. The third-order valence-electron chi connectivity index (χ3n) is 5.08. The van der Waals surface area contributed by atoms with E-state index in [1.54, 1.807) is 6.08 Å². The molecule has 0 atom stereocenters. The summed E-state index contributed by atoms with van der Waals surface area (Å²) in [5.74, 6) is -0.0514. The maximum atomic E-state index is 12.5. The Morgan fingerprint density at radius 2 is 1.72 bits per heavy atom. The van der Waals surface area contributed by atoms with Crippen LogP contribution in [0.25, 0.3) is 6.08 Å². The number of hydrogen-bond donors (Lipinski definition) is 2. The van der Waals surface area contributed by atoms with Crippen LogP contribution in [0.2, 0.25) is 0 Å². The Morgan fingerprint density at radius 1 is 1.07 bits per heavy atom. The molecule has 154 valence electrons. The quantitative estimate of drug-likeness (QED) is 0.719. The number of rotatable bonds is 7. The molecule has 3 rings (SSSR count). The molecule has 1 amide bonds. The number of carbonyl (C=O) groups excluding carboxylic acids is 1. The Labute approximate surface area is 172 Å². The average Bonchev–Trinajstić information content (AvgIpc) is 2.74. The van der Waals surface area contributed by atoms with Gasteiger partial charge in [-0.25, -0.2) is 8.42 Å². The summed E-state index contributed by atoms with van der Waals surface area (Å²) in [6.45, 7) is 4.48. The van der Waals surface area contributed by atoms with Crippen molar-refractivity contribution in [3.63, 3.8) is 0 Å². The van der Waals surface area contributed by atoms with Crippen LogP contribution in [-0.2, 0) is 21.2 Å². The zero-order valence-electron chi connectivity index (χ0n) is 16.7. The summed E-state index contributed by atoms with van der Waals surface area (Å²) in [6.07, 6.45) is 2.58. The van der Waals surface area contributed by atoms with E-state index in [1.807, 2.05) is 54.6 Å². The number of nitrogens with one attached hydrogen (secondary N) is 2. The number of amides is 1. The van der Waals surface area contributed by atoms with E-state index in [1.165, 1.54) is 15.3 Å². The number of piperazine rings is 1. The van der Waals surface area contributed by atoms with Crippen molar-refractivity contribution in [3.8, 4) is 0 Å². The maximum absolute atomic E-state index is 12.5. The standard InChI is InChI=1S/C22H27N3O3S/c1-2-19-8-10-21(11-9-19)23-22(26)18-24-13-15-25(16-14-24)29(27,28)17-12-20-6-4-3-5-7-20/h3-12,17H,2,13-16,18H2,1H3,(H,23,26)/p+1/b17-12+. The molecule has 0 bridgehead atoms. The first-order valence-electron chi connectivity index (χ1n) is 9.92. The van der Waals surface area contributed by atoms with Gasteiger partial charge >= 0.3 is 0 Å². The lowest BCUT2D eigenvalue weighted by Gasteiger charge is -2.30. The summed E-state index contributed by atoms with van der Waals surface area (Å²) in [5, 5.41) is 4.18. The number of quaternary nitrogens is 1. The van der Waals surface area contributed by atoms with Crippen LogP contribution in [0.1, 0.15) is 18.1 Å². The predicted molar refractivity (Wildman–Crippen MR) is 116 cm³/mol. The van der Waals surface area contributed by atoms with Gasteiger partial charge in [0.25, 0.3) is 5.91 Å². The Balaban J connectivity index is 1.48. The maximum Gasteiger partial charge on any atom is 0.279 e. The largest absolute Gasteiger partial charge is 0.325 e. The van der Waals surface area contributed by atoms with Gasteiger partial charge in [-0.2, -0.15) is 4.31 Å². The highest BCUT2D eigenvalue weighted by Crippen LogP contribution is 2.10. The first kappa shape index (κ1) is 21.2. The lowest BCUT2D eigenvalue weighted by molar-refractivity contribution is -0.895. The number of benzene rings is 2. The van der Waals surface area contributed by atoms with Gasteiger partial charge in [-0.05, 0) is 35.8 Å². The second-order valence-corrected chi connectivity index (χ2v) is 9.00. The summed E-state index contributed by atoms with van der Waals surface area (Å²) in [6, 6.07) is 17.2. The zero-order valence-corrected chi connectivity index (χ0v) is 17.5. The molecule has 0 saturated carbocycles. The summed E-state index contributed by atoms with van der Waals surface area (Å²) in [5.41, 5.74) is 2.87. The minimum Gasteiger partial charge on any atom is -0.325 e. The fourth-order valence-corrected chi connectivity index (χ4v) is 4.50. The second kappa shape index (κ2) is 9.82. The van der Waals surface area contributed by atoms with Crippen molar-refractivity contribution in [2.75, 3.05) is 38.0 Å². The molecule has 1 aliphatic heterocycles. The van der Waals surface area contributed by atoms with Gasteiger partial charge in [0, 0.05) is 11.1 Å². The summed E-state index contributed by atoms with van der Waals surface area (Å²) in [4.78, 5) is 13.4. The molecule has 0 spiro atoms. The molecule has 1 saturated heterocycles. The highest BCUT2D eigenvalue weighted by atomic mass is 32.2. The molecule has 6 nitrogen and oxygen atoms in total. The van der Waals surface area contributed by atoms with Crippen LogP contribution in [0.15, 0.2) is 60.0 Å². The molecule has 0 unspecified atom stereocenters. The number of nitrogens with zero attached hydrogens (tertiary/aromatic N) is 1. The number of carbonyl (C=O) groups is 1. The van der Waals surface area contributed by atoms with Gasteiger partial charge < -0.3 is 10.2 Å². The normalized spacial score (nSPS) is 16.2. The fraction of sp³-hybridized carbons (Fsp3) is 0.318. The second-order valence-electron chi connectivity index (χ2n) is 7.18. The number of hydrogen-bond acceptors (Lipinski definition) is 3. The van der Waals surface area contributed by atoms with Crippen LogP contribution in [0.5, 0.6) is 0 Å². The molecule has 2 N–H and O–H groups in total. The Bertz CT molecular complexity index is 933. The lowest BCUT2D eigenvalue weighted by atomic mass is 10.1. The summed E-state index contributed by atoms with van der Waals surface area (Å²) in [7, 11) is -3.45. The number of sulfonamides is 1. The van der Waals surface area contributed by atoms with E-state index in [9.17, 15) is 13.2 Å². The summed E-state index contributed by atoms with van der Waals surface area (Å²) < 4.78 is 26.5. The van der Waals surface area contributed by atoms with E-state index >= 15 is 0 Å². The molecule has 2 aromatic rings. The topological polar surface area (TPSA) is 70.9 Å². The number of aryl methyl sites for hydroxylation is 1. The monoisotopic (exact) mass is 414 g/mol. The van der Waals surface area contributed by atoms with E-state index in [-0.39, 0.29) is 5.91 Å². The van der Waals surface area contributed by atoms with Crippen molar-refractivity contribution in [1.82, 2.24) is 4.31 Å².